The molecule has 3 rings (SSSR count). The van der Waals surface area contributed by atoms with Gasteiger partial charge < -0.3 is 15.0 Å². The Labute approximate surface area is 134 Å². The predicted molar refractivity (Wildman–Crippen MR) is 85.8 cm³/mol. The van der Waals surface area contributed by atoms with Crippen molar-refractivity contribution in [3.8, 4) is 0 Å². The molecular weight excluding hydrogens is 288 g/mol. The third-order valence-corrected chi connectivity index (χ3v) is 5.39. The van der Waals surface area contributed by atoms with Crippen LogP contribution in [0.3, 0.4) is 0 Å². The van der Waals surface area contributed by atoms with Gasteiger partial charge in [-0.25, -0.2) is 0 Å². The second-order valence-corrected chi connectivity index (χ2v) is 6.95. The first-order valence-electron chi connectivity index (χ1n) is 8.29. The van der Waals surface area contributed by atoms with Crippen molar-refractivity contribution in [3.05, 3.63) is 0 Å². The van der Waals surface area contributed by atoms with E-state index in [1.165, 1.54) is 12.8 Å². The standard InChI is InChI=1S/C16H28N2O2.ClH/c1-11-3-6-15(20-11)7-8-16(19)18(2)14-9-12-4-5-13(10-14)17-12;/h11-15,17H,3-10H2,1-2H3;1H. The molecule has 122 valence electrons. The van der Waals surface area contributed by atoms with Gasteiger partial charge in [-0.2, -0.15) is 0 Å². The Morgan fingerprint density at radius 3 is 2.43 bits per heavy atom. The predicted octanol–water partition coefficient (Wildman–Crippen LogP) is 2.50. The van der Waals surface area contributed by atoms with E-state index in [1.807, 2.05) is 11.9 Å². The number of amides is 1. The summed E-state index contributed by atoms with van der Waals surface area (Å²) in [6, 6.07) is 1.74. The SMILES string of the molecule is CC1CCC(CCC(=O)N(C)C2CC3CCC(C2)N3)O1.Cl. The lowest BCUT2D eigenvalue weighted by Gasteiger charge is -2.35. The summed E-state index contributed by atoms with van der Waals surface area (Å²) in [5.74, 6) is 0.305. The molecule has 0 radical (unpaired) electrons. The quantitative estimate of drug-likeness (QED) is 0.866. The molecule has 2 bridgehead atoms. The number of rotatable bonds is 4. The van der Waals surface area contributed by atoms with E-state index < -0.39 is 0 Å². The van der Waals surface area contributed by atoms with Crippen LogP contribution in [0.15, 0.2) is 0 Å². The highest BCUT2D eigenvalue weighted by molar-refractivity contribution is 5.85. The van der Waals surface area contributed by atoms with Gasteiger partial charge in [0.15, 0.2) is 0 Å². The van der Waals surface area contributed by atoms with E-state index in [9.17, 15) is 4.79 Å². The lowest BCUT2D eigenvalue weighted by molar-refractivity contribution is -0.133. The van der Waals surface area contributed by atoms with Crippen LogP contribution in [-0.4, -0.2) is 48.2 Å². The van der Waals surface area contributed by atoms with Crippen LogP contribution in [0, 0.1) is 0 Å². The van der Waals surface area contributed by atoms with Crippen LogP contribution >= 0.6 is 12.4 Å². The summed E-state index contributed by atoms with van der Waals surface area (Å²) in [6.45, 7) is 2.12. The number of carbonyl (C=O) groups is 1. The summed E-state index contributed by atoms with van der Waals surface area (Å²) in [6.07, 6.45) is 9.35. The highest BCUT2D eigenvalue weighted by Gasteiger charge is 2.36. The number of fused-ring (bicyclic) bond motifs is 2. The molecule has 0 aromatic rings. The van der Waals surface area contributed by atoms with Gasteiger partial charge in [0.2, 0.25) is 5.91 Å². The van der Waals surface area contributed by atoms with Crippen LogP contribution in [0.2, 0.25) is 0 Å². The Hall–Kier alpha value is -0.320. The highest BCUT2D eigenvalue weighted by Crippen LogP contribution is 2.30. The lowest BCUT2D eigenvalue weighted by Crippen LogP contribution is -2.48. The van der Waals surface area contributed by atoms with Gasteiger partial charge in [-0.1, -0.05) is 0 Å². The Bertz CT molecular complexity index is 354. The van der Waals surface area contributed by atoms with Gasteiger partial charge in [0.25, 0.3) is 0 Å². The second kappa shape index (κ2) is 7.30. The number of carbonyl (C=O) groups excluding carboxylic acids is 1. The minimum Gasteiger partial charge on any atom is -0.375 e. The van der Waals surface area contributed by atoms with Crippen molar-refractivity contribution < 1.29 is 9.53 Å². The first-order chi connectivity index (χ1) is 9.61. The summed E-state index contributed by atoms with van der Waals surface area (Å²) in [4.78, 5) is 14.4. The fourth-order valence-electron chi connectivity index (χ4n) is 4.11. The number of hydrogen-bond acceptors (Lipinski definition) is 3. The van der Waals surface area contributed by atoms with Crippen molar-refractivity contribution in [2.75, 3.05) is 7.05 Å². The lowest BCUT2D eigenvalue weighted by atomic mass is 9.98. The van der Waals surface area contributed by atoms with E-state index in [0.29, 0.717) is 42.7 Å². The Kier molecular flexibility index (Phi) is 5.92. The molecule has 4 atom stereocenters. The maximum atomic E-state index is 12.4. The number of nitrogens with one attached hydrogen (secondary N) is 1. The molecule has 0 aliphatic carbocycles. The van der Waals surface area contributed by atoms with Crippen molar-refractivity contribution in [1.29, 1.82) is 0 Å². The van der Waals surface area contributed by atoms with Gasteiger partial charge in [-0.15, -0.1) is 12.4 Å². The fraction of sp³-hybridized carbons (Fsp3) is 0.938. The van der Waals surface area contributed by atoms with Crippen LogP contribution in [0.25, 0.3) is 0 Å². The molecule has 3 heterocycles. The molecule has 4 nitrogen and oxygen atoms in total. The van der Waals surface area contributed by atoms with E-state index in [0.717, 1.165) is 32.1 Å². The summed E-state index contributed by atoms with van der Waals surface area (Å²) in [5.41, 5.74) is 0. The number of piperidine rings is 1. The summed E-state index contributed by atoms with van der Waals surface area (Å²) in [7, 11) is 2.00. The second-order valence-electron chi connectivity index (χ2n) is 6.95. The molecule has 0 aromatic heterocycles. The molecule has 5 heteroatoms. The zero-order valence-corrected chi connectivity index (χ0v) is 14.0. The number of halogens is 1. The minimum absolute atomic E-state index is 0. The van der Waals surface area contributed by atoms with E-state index in [4.69, 9.17) is 4.74 Å². The topological polar surface area (TPSA) is 41.6 Å². The fourth-order valence-corrected chi connectivity index (χ4v) is 4.11. The van der Waals surface area contributed by atoms with Crippen LogP contribution < -0.4 is 5.32 Å². The third-order valence-electron chi connectivity index (χ3n) is 5.39. The third kappa shape index (κ3) is 4.11. The number of nitrogens with zero attached hydrogens (tertiary/aromatic N) is 1. The normalized spacial score (nSPS) is 38.1. The molecule has 1 amide bonds. The smallest absolute Gasteiger partial charge is 0.222 e. The molecule has 0 spiro atoms. The first kappa shape index (κ1) is 17.0. The molecule has 3 aliphatic heterocycles. The molecule has 3 fully saturated rings. The monoisotopic (exact) mass is 316 g/mol. The molecule has 1 N–H and O–H groups in total. The van der Waals surface area contributed by atoms with Gasteiger partial charge >= 0.3 is 0 Å². The van der Waals surface area contributed by atoms with Gasteiger partial charge in [0, 0.05) is 31.6 Å². The van der Waals surface area contributed by atoms with Crippen LogP contribution in [0.1, 0.15) is 58.3 Å². The van der Waals surface area contributed by atoms with E-state index in [2.05, 4.69) is 12.2 Å². The summed E-state index contributed by atoms with van der Waals surface area (Å²) >= 11 is 0. The first-order valence-corrected chi connectivity index (χ1v) is 8.29. The van der Waals surface area contributed by atoms with Gasteiger partial charge in [-0.3, -0.25) is 4.79 Å². The molecule has 0 saturated carbocycles. The van der Waals surface area contributed by atoms with Crippen LogP contribution in [0.4, 0.5) is 0 Å². The van der Waals surface area contributed by atoms with Gasteiger partial charge in [-0.05, 0) is 51.9 Å². The molecular formula is C16H29ClN2O2. The highest BCUT2D eigenvalue weighted by atomic mass is 35.5. The Balaban J connectivity index is 0.00000161. The average Bonchev–Trinajstić information content (AvgIpc) is 3.01. The number of hydrogen-bond donors (Lipinski definition) is 1. The maximum absolute atomic E-state index is 12.4. The van der Waals surface area contributed by atoms with Gasteiger partial charge in [0.1, 0.15) is 0 Å². The molecule has 3 aliphatic rings. The van der Waals surface area contributed by atoms with Crippen molar-refractivity contribution in [2.24, 2.45) is 0 Å². The van der Waals surface area contributed by atoms with Crippen molar-refractivity contribution >= 4 is 18.3 Å². The minimum atomic E-state index is 0. The van der Waals surface area contributed by atoms with E-state index >= 15 is 0 Å². The van der Waals surface area contributed by atoms with Crippen molar-refractivity contribution in [2.45, 2.75) is 88.6 Å². The largest absolute Gasteiger partial charge is 0.375 e. The van der Waals surface area contributed by atoms with Crippen LogP contribution in [-0.2, 0) is 9.53 Å². The Morgan fingerprint density at radius 2 is 1.86 bits per heavy atom. The Morgan fingerprint density at radius 1 is 1.19 bits per heavy atom. The van der Waals surface area contributed by atoms with Crippen molar-refractivity contribution in [1.82, 2.24) is 10.2 Å². The molecule has 0 aromatic carbocycles. The van der Waals surface area contributed by atoms with E-state index in [1.54, 1.807) is 0 Å². The molecule has 3 saturated heterocycles. The van der Waals surface area contributed by atoms with E-state index in [-0.39, 0.29) is 12.4 Å². The summed E-state index contributed by atoms with van der Waals surface area (Å²) < 4.78 is 5.80. The van der Waals surface area contributed by atoms with Crippen molar-refractivity contribution in [3.63, 3.8) is 0 Å². The summed E-state index contributed by atoms with van der Waals surface area (Å²) in [5, 5.41) is 3.64. The molecule has 21 heavy (non-hydrogen) atoms. The van der Waals surface area contributed by atoms with Crippen LogP contribution in [0.5, 0.6) is 0 Å². The maximum Gasteiger partial charge on any atom is 0.222 e. The average molecular weight is 317 g/mol. The zero-order chi connectivity index (χ0) is 14.1. The molecule has 4 unspecified atom stereocenters. The number of ether oxygens (including phenoxy) is 1. The zero-order valence-electron chi connectivity index (χ0n) is 13.2. The van der Waals surface area contributed by atoms with Gasteiger partial charge in [0.05, 0.1) is 12.2 Å².